The summed E-state index contributed by atoms with van der Waals surface area (Å²) < 4.78 is 4.78. The summed E-state index contributed by atoms with van der Waals surface area (Å²) in [6.07, 6.45) is 1.27. The predicted molar refractivity (Wildman–Crippen MR) is 107 cm³/mol. The second-order valence-corrected chi connectivity index (χ2v) is 5.98. The molecule has 0 bridgehead atoms. The van der Waals surface area contributed by atoms with Crippen molar-refractivity contribution >= 4 is 23.7 Å². The third-order valence-electron chi connectivity index (χ3n) is 3.56. The molecule has 0 atom stereocenters. The lowest BCUT2D eigenvalue weighted by molar-refractivity contribution is -0.143. The predicted octanol–water partition coefficient (Wildman–Crippen LogP) is 1.46. The number of nitrogens with zero attached hydrogens (tertiary/aromatic N) is 2. The van der Waals surface area contributed by atoms with Crippen LogP contribution in [0.1, 0.15) is 28.7 Å². The minimum atomic E-state index is -0.667. The normalized spacial score (nSPS) is 10.8. The summed E-state index contributed by atoms with van der Waals surface area (Å²) in [5.74, 6) is -1.46. The molecule has 29 heavy (non-hydrogen) atoms. The van der Waals surface area contributed by atoms with Crippen LogP contribution < -0.4 is 16.0 Å². The highest BCUT2D eigenvalue weighted by Gasteiger charge is 2.16. The number of aromatic nitrogens is 2. The Balaban J connectivity index is 2.17. The van der Waals surface area contributed by atoms with Crippen LogP contribution in [0.25, 0.3) is 0 Å². The van der Waals surface area contributed by atoms with Gasteiger partial charge in [0.25, 0.3) is 11.8 Å². The van der Waals surface area contributed by atoms with Gasteiger partial charge in [0.05, 0.1) is 6.61 Å². The fraction of sp³-hybridized carbons (Fsp3) is 0.250. The van der Waals surface area contributed by atoms with Crippen molar-refractivity contribution in [2.24, 2.45) is 0 Å². The van der Waals surface area contributed by atoms with Gasteiger partial charge in [-0.15, -0.1) is 0 Å². The van der Waals surface area contributed by atoms with Crippen LogP contribution in [-0.4, -0.2) is 40.9 Å². The lowest BCUT2D eigenvalue weighted by Gasteiger charge is -2.11. The Kier molecular flexibility index (Phi) is 7.84. The summed E-state index contributed by atoms with van der Waals surface area (Å²) >= 11 is 0. The van der Waals surface area contributed by atoms with Crippen LogP contribution in [0.15, 0.2) is 48.3 Å². The SMILES string of the molecule is CCOC(=O)CNC(=O)/C(=C/Nc1nc(C)cc(C)n1)NC(=O)c1ccccc1. The molecule has 1 aromatic carbocycles. The minimum absolute atomic E-state index is 0.106. The van der Waals surface area contributed by atoms with Crippen molar-refractivity contribution in [3.63, 3.8) is 0 Å². The van der Waals surface area contributed by atoms with Gasteiger partial charge in [0, 0.05) is 23.2 Å². The summed E-state index contributed by atoms with van der Waals surface area (Å²) in [5.41, 5.74) is 1.76. The number of hydrogen-bond donors (Lipinski definition) is 3. The zero-order valence-electron chi connectivity index (χ0n) is 16.5. The molecule has 0 aliphatic rings. The average molecular weight is 397 g/mol. The zero-order valence-corrected chi connectivity index (χ0v) is 16.5. The second kappa shape index (κ2) is 10.5. The lowest BCUT2D eigenvalue weighted by Crippen LogP contribution is -2.38. The molecule has 2 rings (SSSR count). The highest BCUT2D eigenvalue weighted by atomic mass is 16.5. The van der Waals surface area contributed by atoms with Crippen molar-refractivity contribution in [3.05, 3.63) is 65.2 Å². The molecule has 152 valence electrons. The van der Waals surface area contributed by atoms with Crippen LogP contribution in [-0.2, 0) is 14.3 Å². The number of carbonyl (C=O) groups excluding carboxylic acids is 3. The molecule has 2 amide bonds. The Hall–Kier alpha value is -3.75. The van der Waals surface area contributed by atoms with Crippen molar-refractivity contribution in [3.8, 4) is 0 Å². The minimum Gasteiger partial charge on any atom is -0.465 e. The van der Waals surface area contributed by atoms with Crippen molar-refractivity contribution in [1.82, 2.24) is 20.6 Å². The Labute approximate surface area is 168 Å². The largest absolute Gasteiger partial charge is 0.465 e. The van der Waals surface area contributed by atoms with Crippen LogP contribution in [0.5, 0.6) is 0 Å². The molecule has 1 heterocycles. The van der Waals surface area contributed by atoms with Crippen molar-refractivity contribution in [2.75, 3.05) is 18.5 Å². The van der Waals surface area contributed by atoms with E-state index in [4.69, 9.17) is 4.74 Å². The van der Waals surface area contributed by atoms with Gasteiger partial charge in [-0.25, -0.2) is 9.97 Å². The fourth-order valence-electron chi connectivity index (χ4n) is 2.33. The van der Waals surface area contributed by atoms with Gasteiger partial charge >= 0.3 is 5.97 Å². The van der Waals surface area contributed by atoms with Gasteiger partial charge in [-0.2, -0.15) is 0 Å². The van der Waals surface area contributed by atoms with Crippen molar-refractivity contribution in [1.29, 1.82) is 0 Å². The molecule has 9 nitrogen and oxygen atoms in total. The van der Waals surface area contributed by atoms with E-state index < -0.39 is 17.8 Å². The number of carbonyl (C=O) groups is 3. The maximum atomic E-state index is 12.5. The third-order valence-corrected chi connectivity index (χ3v) is 3.56. The van der Waals surface area contributed by atoms with Gasteiger partial charge in [-0.3, -0.25) is 14.4 Å². The average Bonchev–Trinajstić information content (AvgIpc) is 2.69. The number of hydrogen-bond acceptors (Lipinski definition) is 7. The van der Waals surface area contributed by atoms with Gasteiger partial charge in [-0.1, -0.05) is 18.2 Å². The summed E-state index contributed by atoms with van der Waals surface area (Å²) in [5, 5.41) is 7.74. The lowest BCUT2D eigenvalue weighted by atomic mass is 10.2. The molecule has 0 saturated heterocycles. The second-order valence-electron chi connectivity index (χ2n) is 5.98. The van der Waals surface area contributed by atoms with Crippen LogP contribution in [0.4, 0.5) is 5.95 Å². The number of ether oxygens (including phenoxy) is 1. The standard InChI is InChI=1S/C20H23N5O4/c1-4-29-17(26)12-21-19(28)16(25-18(27)15-8-6-5-7-9-15)11-22-20-23-13(2)10-14(3)24-20/h5-11H,4,12H2,1-3H3,(H,21,28)(H,25,27)(H,22,23,24)/b16-11-. The van der Waals surface area contributed by atoms with Gasteiger partial charge in [0.15, 0.2) is 0 Å². The number of benzene rings is 1. The van der Waals surface area contributed by atoms with E-state index in [0.29, 0.717) is 5.56 Å². The summed E-state index contributed by atoms with van der Waals surface area (Å²) in [7, 11) is 0. The Bertz CT molecular complexity index is 892. The van der Waals surface area contributed by atoms with Gasteiger partial charge in [0.1, 0.15) is 12.2 Å². The number of anilines is 1. The number of nitrogens with one attached hydrogen (secondary N) is 3. The molecular formula is C20H23N5O4. The first-order valence-electron chi connectivity index (χ1n) is 8.98. The number of rotatable bonds is 8. The molecule has 1 aromatic heterocycles. The van der Waals surface area contributed by atoms with E-state index in [9.17, 15) is 14.4 Å². The van der Waals surface area contributed by atoms with E-state index in [-0.39, 0.29) is 24.8 Å². The van der Waals surface area contributed by atoms with E-state index in [1.165, 1.54) is 6.20 Å². The highest BCUT2D eigenvalue weighted by molar-refractivity contribution is 6.03. The summed E-state index contributed by atoms with van der Waals surface area (Å²) in [4.78, 5) is 44.8. The Morgan fingerprint density at radius 2 is 1.72 bits per heavy atom. The van der Waals surface area contributed by atoms with E-state index in [1.807, 2.05) is 13.8 Å². The quantitative estimate of drug-likeness (QED) is 0.455. The van der Waals surface area contributed by atoms with Gasteiger partial charge < -0.3 is 20.7 Å². The Morgan fingerprint density at radius 3 is 2.34 bits per heavy atom. The molecule has 0 saturated carbocycles. The van der Waals surface area contributed by atoms with Gasteiger partial charge in [0.2, 0.25) is 5.95 Å². The number of amides is 2. The van der Waals surface area contributed by atoms with Crippen LogP contribution in [0, 0.1) is 13.8 Å². The summed E-state index contributed by atoms with van der Waals surface area (Å²) in [6, 6.07) is 10.2. The fourth-order valence-corrected chi connectivity index (χ4v) is 2.33. The van der Waals surface area contributed by atoms with Crippen molar-refractivity contribution < 1.29 is 19.1 Å². The smallest absolute Gasteiger partial charge is 0.325 e. The molecular weight excluding hydrogens is 374 g/mol. The van der Waals surface area contributed by atoms with Crippen LogP contribution >= 0.6 is 0 Å². The first-order chi connectivity index (χ1) is 13.9. The topological polar surface area (TPSA) is 122 Å². The number of aryl methyl sites for hydroxylation is 2. The van der Waals surface area contributed by atoms with Crippen LogP contribution in [0.2, 0.25) is 0 Å². The molecule has 0 spiro atoms. The molecule has 2 aromatic rings. The van der Waals surface area contributed by atoms with Crippen molar-refractivity contribution in [2.45, 2.75) is 20.8 Å². The number of esters is 1. The first-order valence-corrected chi connectivity index (χ1v) is 8.98. The van der Waals surface area contributed by atoms with E-state index in [2.05, 4.69) is 25.9 Å². The summed E-state index contributed by atoms with van der Waals surface area (Å²) in [6.45, 7) is 5.17. The van der Waals surface area contributed by atoms with Gasteiger partial charge in [-0.05, 0) is 39.0 Å². The molecule has 0 aliphatic carbocycles. The molecule has 0 radical (unpaired) electrons. The van der Waals surface area contributed by atoms with E-state index in [1.54, 1.807) is 43.3 Å². The molecule has 0 fully saturated rings. The van der Waals surface area contributed by atoms with E-state index >= 15 is 0 Å². The molecule has 3 N–H and O–H groups in total. The molecule has 0 unspecified atom stereocenters. The highest BCUT2D eigenvalue weighted by Crippen LogP contribution is 2.05. The van der Waals surface area contributed by atoms with E-state index in [0.717, 1.165) is 11.4 Å². The maximum Gasteiger partial charge on any atom is 0.325 e. The Morgan fingerprint density at radius 1 is 1.07 bits per heavy atom. The molecule has 0 aliphatic heterocycles. The van der Waals surface area contributed by atoms with Crippen LogP contribution in [0.3, 0.4) is 0 Å². The monoisotopic (exact) mass is 397 g/mol. The third kappa shape index (κ3) is 7.06. The zero-order chi connectivity index (χ0) is 21.2. The first kappa shape index (κ1) is 21.5. The molecule has 9 heteroatoms. The maximum absolute atomic E-state index is 12.5.